The molecule has 0 aromatic rings. The van der Waals surface area contributed by atoms with Crippen LogP contribution in [0.1, 0.15) is 33.1 Å². The lowest BCUT2D eigenvalue weighted by Crippen LogP contribution is -2.64. The number of nitrogens with two attached hydrogens (primary N) is 1. The zero-order valence-electron chi connectivity index (χ0n) is 16.7. The van der Waals surface area contributed by atoms with E-state index in [1.54, 1.807) is 0 Å². The van der Waals surface area contributed by atoms with Gasteiger partial charge in [-0.25, -0.2) is 0 Å². The maximum absolute atomic E-state index is 11.7. The van der Waals surface area contributed by atoms with Gasteiger partial charge in [-0.2, -0.15) is 0 Å². The minimum absolute atomic E-state index is 0.532. The molecule has 0 aromatic heterocycles. The van der Waals surface area contributed by atoms with Crippen LogP contribution >= 0.6 is 0 Å². The molecule has 0 bridgehead atoms. The lowest BCUT2D eigenvalue weighted by atomic mass is 9.97. The molecule has 0 saturated carbocycles. The fourth-order valence-electron chi connectivity index (χ4n) is 2.12. The third-order valence-electron chi connectivity index (χ3n) is 2.88. The fourth-order valence-corrected chi connectivity index (χ4v) is 2.12. The van der Waals surface area contributed by atoms with Gasteiger partial charge in [-0.05, 0) is 0 Å². The SMILES string of the molecule is [2H]CC(=O)OC[C@H]1OC(N)[C@H](OC(=O)C[2H])[C@@H](OC(=O)C[2H])[C@@H]1OC(=O)C[2H]. The molecule has 0 spiro atoms. The Morgan fingerprint density at radius 2 is 1.38 bits per heavy atom. The van der Waals surface area contributed by atoms with E-state index < -0.39 is 88.7 Å². The molecule has 10 heteroatoms. The van der Waals surface area contributed by atoms with Crippen molar-refractivity contribution in [1.29, 1.82) is 0 Å². The Hall–Kier alpha value is -2.20. The van der Waals surface area contributed by atoms with Gasteiger partial charge in [-0.3, -0.25) is 19.2 Å². The molecular weight excluding hydrogens is 326 g/mol. The van der Waals surface area contributed by atoms with Crippen LogP contribution in [0.4, 0.5) is 0 Å². The molecule has 1 aliphatic rings. The van der Waals surface area contributed by atoms with Gasteiger partial charge in [0.2, 0.25) is 0 Å². The highest BCUT2D eigenvalue weighted by atomic mass is 16.7. The highest BCUT2D eigenvalue weighted by Gasteiger charge is 2.51. The van der Waals surface area contributed by atoms with E-state index in [1.807, 2.05) is 0 Å². The molecule has 0 radical (unpaired) electrons. The highest BCUT2D eigenvalue weighted by Crippen LogP contribution is 2.27. The molecule has 1 saturated heterocycles. The average Bonchev–Trinajstić information content (AvgIpc) is 2.69. The standard InChI is InChI=1S/C14H21NO9/c1-6(16)20-5-10-11(21-7(2)17)12(22-8(3)18)13(14(15)24-10)23-9(4)19/h10-14H,5,15H2,1-4H3/t10-,11-,12+,13-,14?/m1/s1/i1D,2D,3D,4D. The monoisotopic (exact) mass is 351 g/mol. The molecule has 1 fully saturated rings. The Morgan fingerprint density at radius 1 is 0.875 bits per heavy atom. The Kier molecular flexibility index (Phi) is 5.07. The smallest absolute Gasteiger partial charge is 0.303 e. The molecule has 0 aromatic carbocycles. The lowest BCUT2D eigenvalue weighted by molar-refractivity contribution is -0.251. The summed E-state index contributed by atoms with van der Waals surface area (Å²) >= 11 is 0. The fraction of sp³-hybridized carbons (Fsp3) is 0.714. The van der Waals surface area contributed by atoms with E-state index in [-0.39, 0.29) is 0 Å². The summed E-state index contributed by atoms with van der Waals surface area (Å²) in [5.41, 5.74) is 5.79. The minimum atomic E-state index is -1.53. The van der Waals surface area contributed by atoms with Crippen LogP contribution in [-0.4, -0.2) is 61.1 Å². The van der Waals surface area contributed by atoms with Crippen molar-refractivity contribution in [2.75, 3.05) is 6.61 Å². The minimum Gasteiger partial charge on any atom is -0.463 e. The van der Waals surface area contributed by atoms with E-state index in [4.69, 9.17) is 34.9 Å². The van der Waals surface area contributed by atoms with Gasteiger partial charge in [-0.1, -0.05) is 0 Å². The summed E-state index contributed by atoms with van der Waals surface area (Å²) in [6, 6.07) is 0. The summed E-state index contributed by atoms with van der Waals surface area (Å²) in [6.45, 7) is -3.59. The maximum atomic E-state index is 11.7. The van der Waals surface area contributed by atoms with Crippen molar-refractivity contribution in [2.45, 2.75) is 58.2 Å². The van der Waals surface area contributed by atoms with E-state index >= 15 is 0 Å². The predicted octanol–water partition coefficient (Wildman–Crippen LogP) is -0.972. The molecule has 2 N–H and O–H groups in total. The Morgan fingerprint density at radius 3 is 1.92 bits per heavy atom. The van der Waals surface area contributed by atoms with Crippen molar-refractivity contribution in [1.82, 2.24) is 0 Å². The van der Waals surface area contributed by atoms with Crippen LogP contribution in [-0.2, 0) is 42.9 Å². The number of hydrogen-bond donors (Lipinski definition) is 1. The molecule has 24 heavy (non-hydrogen) atoms. The van der Waals surface area contributed by atoms with Crippen LogP contribution < -0.4 is 5.73 Å². The van der Waals surface area contributed by atoms with Crippen LogP contribution in [0.5, 0.6) is 0 Å². The Labute approximate surface area is 144 Å². The van der Waals surface area contributed by atoms with Gasteiger partial charge in [0.15, 0.2) is 18.3 Å². The van der Waals surface area contributed by atoms with E-state index in [0.717, 1.165) is 0 Å². The third kappa shape index (κ3) is 5.78. The molecule has 1 rings (SSSR count). The number of carbonyl (C=O) groups is 4. The van der Waals surface area contributed by atoms with Crippen molar-refractivity contribution in [3.05, 3.63) is 0 Å². The molecule has 10 nitrogen and oxygen atoms in total. The molecule has 0 aliphatic carbocycles. The molecule has 0 amide bonds. The predicted molar refractivity (Wildman–Crippen MR) is 76.1 cm³/mol. The van der Waals surface area contributed by atoms with Gasteiger partial charge in [0, 0.05) is 33.1 Å². The largest absolute Gasteiger partial charge is 0.463 e. The van der Waals surface area contributed by atoms with Crippen molar-refractivity contribution in [2.24, 2.45) is 5.73 Å². The van der Waals surface area contributed by atoms with Gasteiger partial charge >= 0.3 is 23.9 Å². The first-order valence-electron chi connectivity index (χ1n) is 9.42. The topological polar surface area (TPSA) is 140 Å². The normalized spacial score (nSPS) is 31.5. The number of hydrogen-bond acceptors (Lipinski definition) is 10. The lowest BCUT2D eigenvalue weighted by Gasteiger charge is -2.43. The summed E-state index contributed by atoms with van der Waals surface area (Å²) in [6.07, 6.45) is -7.19. The Balaban J connectivity index is 3.17. The second-order valence-corrected chi connectivity index (χ2v) is 4.69. The van der Waals surface area contributed by atoms with Crippen LogP contribution in [0.3, 0.4) is 0 Å². The van der Waals surface area contributed by atoms with Crippen molar-refractivity contribution in [3.8, 4) is 0 Å². The average molecular weight is 351 g/mol. The summed E-state index contributed by atoms with van der Waals surface area (Å²) in [7, 11) is 0. The molecule has 1 aliphatic heterocycles. The van der Waals surface area contributed by atoms with Crippen LogP contribution in [0.25, 0.3) is 0 Å². The van der Waals surface area contributed by atoms with Crippen molar-refractivity contribution in [3.63, 3.8) is 0 Å². The molecular formula is C14H21NO9. The van der Waals surface area contributed by atoms with Gasteiger partial charge in [-0.15, -0.1) is 0 Å². The van der Waals surface area contributed by atoms with Gasteiger partial charge in [0.1, 0.15) is 18.9 Å². The second kappa shape index (κ2) is 8.60. The quantitative estimate of drug-likeness (QED) is 0.485. The maximum Gasteiger partial charge on any atom is 0.303 e. The van der Waals surface area contributed by atoms with Crippen LogP contribution in [0, 0.1) is 0 Å². The van der Waals surface area contributed by atoms with Crippen molar-refractivity contribution < 1.29 is 48.3 Å². The third-order valence-corrected chi connectivity index (χ3v) is 2.88. The molecule has 5 atom stereocenters. The first-order chi connectivity index (χ1) is 13.3. The number of esters is 4. The van der Waals surface area contributed by atoms with Crippen LogP contribution in [0.15, 0.2) is 0 Å². The zero-order valence-corrected chi connectivity index (χ0v) is 12.7. The molecule has 1 unspecified atom stereocenters. The summed E-state index contributed by atoms with van der Waals surface area (Å²) < 4.78 is 53.3. The van der Waals surface area contributed by atoms with Gasteiger partial charge in [0.05, 0.1) is 0 Å². The van der Waals surface area contributed by atoms with E-state index in [0.29, 0.717) is 0 Å². The number of carbonyl (C=O) groups excluding carboxylic acids is 4. The van der Waals surface area contributed by atoms with Gasteiger partial charge < -0.3 is 29.4 Å². The number of ether oxygens (including phenoxy) is 5. The zero-order chi connectivity index (χ0) is 21.3. The summed E-state index contributed by atoms with van der Waals surface area (Å²) in [5, 5.41) is 0. The Bertz CT molecular complexity index is 579. The summed E-state index contributed by atoms with van der Waals surface area (Å²) in [5.74, 6) is -4.04. The van der Waals surface area contributed by atoms with E-state index in [1.165, 1.54) is 0 Å². The number of rotatable bonds is 5. The highest BCUT2D eigenvalue weighted by molar-refractivity contribution is 5.68. The van der Waals surface area contributed by atoms with E-state index in [9.17, 15) is 19.2 Å². The van der Waals surface area contributed by atoms with Crippen molar-refractivity contribution >= 4 is 23.9 Å². The first-order valence-corrected chi connectivity index (χ1v) is 6.59. The second-order valence-electron chi connectivity index (χ2n) is 4.69. The molecule has 136 valence electrons. The van der Waals surface area contributed by atoms with Crippen LogP contribution in [0.2, 0.25) is 0 Å². The first kappa shape index (κ1) is 14.2. The summed E-state index contributed by atoms with van der Waals surface area (Å²) in [4.78, 5) is 46.1. The molecule has 1 heterocycles. The van der Waals surface area contributed by atoms with Gasteiger partial charge in [0.25, 0.3) is 0 Å². The van der Waals surface area contributed by atoms with E-state index in [2.05, 4.69) is 0 Å².